The molecule has 0 bridgehead atoms. The number of nitrogens with one attached hydrogen (secondary N) is 3. The van der Waals surface area contributed by atoms with Gasteiger partial charge in [-0.15, -0.1) is 0 Å². The van der Waals surface area contributed by atoms with Gasteiger partial charge in [0.25, 0.3) is 5.91 Å². The third-order valence-electron chi connectivity index (χ3n) is 3.97. The monoisotopic (exact) mass is 395 g/mol. The Morgan fingerprint density at radius 2 is 1.76 bits per heavy atom. The second kappa shape index (κ2) is 10.7. The van der Waals surface area contributed by atoms with Crippen LogP contribution < -0.4 is 15.4 Å². The van der Waals surface area contributed by atoms with E-state index >= 15 is 0 Å². The Hall–Kier alpha value is -3.61. The van der Waals surface area contributed by atoms with Crippen LogP contribution in [0.4, 0.5) is 5.69 Å². The number of benzene rings is 2. The molecule has 2 rings (SSSR count). The molecule has 29 heavy (non-hydrogen) atoms. The SMILES string of the molecule is COc1cccc(CC(=O)OCC(=O)N/C(C(C)=N)=C(\C)Nc2ccccc2)c1. The van der Waals surface area contributed by atoms with Gasteiger partial charge in [-0.05, 0) is 43.7 Å². The molecular formula is C22H25N3O4. The van der Waals surface area contributed by atoms with Crippen molar-refractivity contribution in [2.45, 2.75) is 20.3 Å². The number of carbonyl (C=O) groups is 2. The molecule has 0 atom stereocenters. The van der Waals surface area contributed by atoms with Crippen LogP contribution in [0.5, 0.6) is 5.75 Å². The molecule has 2 aromatic rings. The van der Waals surface area contributed by atoms with Crippen LogP contribution in [0.25, 0.3) is 0 Å². The third kappa shape index (κ3) is 7.14. The van der Waals surface area contributed by atoms with Crippen LogP contribution in [-0.2, 0) is 20.7 Å². The van der Waals surface area contributed by atoms with Crippen molar-refractivity contribution in [1.82, 2.24) is 5.32 Å². The molecular weight excluding hydrogens is 370 g/mol. The number of methoxy groups -OCH3 is 1. The summed E-state index contributed by atoms with van der Waals surface area (Å²) in [6.07, 6.45) is 0.0331. The van der Waals surface area contributed by atoms with Crippen LogP contribution in [0, 0.1) is 5.41 Å². The smallest absolute Gasteiger partial charge is 0.310 e. The molecule has 152 valence electrons. The Morgan fingerprint density at radius 1 is 1.03 bits per heavy atom. The number of hydrogen-bond donors (Lipinski definition) is 3. The van der Waals surface area contributed by atoms with Gasteiger partial charge in [0.15, 0.2) is 6.61 Å². The van der Waals surface area contributed by atoms with E-state index in [-0.39, 0.29) is 12.1 Å². The number of para-hydroxylation sites is 1. The van der Waals surface area contributed by atoms with Crippen LogP contribution in [0.15, 0.2) is 66.0 Å². The topological polar surface area (TPSA) is 101 Å². The van der Waals surface area contributed by atoms with E-state index in [9.17, 15) is 9.59 Å². The number of rotatable bonds is 9. The fourth-order valence-electron chi connectivity index (χ4n) is 2.59. The summed E-state index contributed by atoms with van der Waals surface area (Å²) in [4.78, 5) is 24.2. The minimum atomic E-state index is -0.523. The Morgan fingerprint density at radius 3 is 2.41 bits per heavy atom. The highest BCUT2D eigenvalue weighted by Gasteiger charge is 2.13. The van der Waals surface area contributed by atoms with Gasteiger partial charge in [-0.2, -0.15) is 0 Å². The molecule has 3 N–H and O–H groups in total. The average Bonchev–Trinajstić information content (AvgIpc) is 2.71. The Labute approximate surface area is 170 Å². The fraction of sp³-hybridized carbons (Fsp3) is 0.227. The van der Waals surface area contributed by atoms with Gasteiger partial charge in [0, 0.05) is 11.4 Å². The summed E-state index contributed by atoms with van der Waals surface area (Å²) in [5.74, 6) is -0.393. The summed E-state index contributed by atoms with van der Waals surface area (Å²) < 4.78 is 10.2. The Bertz CT molecular complexity index is 907. The Balaban J connectivity index is 1.92. The molecule has 0 fully saturated rings. The molecule has 7 nitrogen and oxygen atoms in total. The van der Waals surface area contributed by atoms with Crippen molar-refractivity contribution < 1.29 is 19.1 Å². The first-order valence-electron chi connectivity index (χ1n) is 9.06. The van der Waals surface area contributed by atoms with Gasteiger partial charge in [-0.3, -0.25) is 9.59 Å². The molecule has 0 heterocycles. The predicted octanol–water partition coefficient (Wildman–Crippen LogP) is 3.28. The number of amides is 1. The second-order valence-corrected chi connectivity index (χ2v) is 6.35. The number of hydrogen-bond acceptors (Lipinski definition) is 6. The number of ether oxygens (including phenoxy) is 2. The highest BCUT2D eigenvalue weighted by atomic mass is 16.5. The Kier molecular flexibility index (Phi) is 7.97. The molecule has 0 aromatic heterocycles. The van der Waals surface area contributed by atoms with Crippen molar-refractivity contribution in [3.05, 3.63) is 71.6 Å². The highest BCUT2D eigenvalue weighted by Crippen LogP contribution is 2.13. The van der Waals surface area contributed by atoms with Crippen LogP contribution in [0.2, 0.25) is 0 Å². The van der Waals surface area contributed by atoms with Crippen molar-refractivity contribution in [3.8, 4) is 5.75 Å². The highest BCUT2D eigenvalue weighted by molar-refractivity contribution is 6.00. The lowest BCUT2D eigenvalue weighted by Crippen LogP contribution is -2.32. The quantitative estimate of drug-likeness (QED) is 0.447. The lowest BCUT2D eigenvalue weighted by atomic mass is 10.1. The summed E-state index contributed by atoms with van der Waals surface area (Å²) in [7, 11) is 1.55. The summed E-state index contributed by atoms with van der Waals surface area (Å²) in [5, 5.41) is 13.7. The van der Waals surface area contributed by atoms with Gasteiger partial charge in [0.05, 0.1) is 24.9 Å². The average molecular weight is 395 g/mol. The van der Waals surface area contributed by atoms with Crippen molar-refractivity contribution in [2.75, 3.05) is 19.0 Å². The maximum Gasteiger partial charge on any atom is 0.310 e. The van der Waals surface area contributed by atoms with E-state index in [1.807, 2.05) is 30.3 Å². The van der Waals surface area contributed by atoms with Gasteiger partial charge in [-0.1, -0.05) is 30.3 Å². The van der Waals surface area contributed by atoms with Gasteiger partial charge >= 0.3 is 5.97 Å². The number of anilines is 1. The van der Waals surface area contributed by atoms with E-state index in [2.05, 4.69) is 10.6 Å². The van der Waals surface area contributed by atoms with Gasteiger partial charge in [-0.25, -0.2) is 0 Å². The first-order chi connectivity index (χ1) is 13.9. The zero-order chi connectivity index (χ0) is 21.2. The molecule has 0 aliphatic carbocycles. The molecule has 2 aromatic carbocycles. The van der Waals surface area contributed by atoms with E-state index in [0.717, 1.165) is 11.3 Å². The minimum absolute atomic E-state index is 0.0331. The van der Waals surface area contributed by atoms with Crippen LogP contribution in [-0.4, -0.2) is 31.3 Å². The molecule has 0 aliphatic heterocycles. The molecule has 0 unspecified atom stereocenters. The standard InChI is InChI=1S/C22H25N3O4/c1-15(23)22(16(2)24-18-9-5-4-6-10-18)25-20(26)14-29-21(27)13-17-8-7-11-19(12-17)28-3/h4-12,23-24H,13-14H2,1-3H3,(H,25,26)/b22-16+,23-15?. The van der Waals surface area contributed by atoms with E-state index in [1.165, 1.54) is 0 Å². The largest absolute Gasteiger partial charge is 0.497 e. The number of esters is 1. The van der Waals surface area contributed by atoms with Gasteiger partial charge in [0.2, 0.25) is 0 Å². The van der Waals surface area contributed by atoms with Crippen LogP contribution >= 0.6 is 0 Å². The summed E-state index contributed by atoms with van der Waals surface area (Å²) in [5.41, 5.74) is 2.70. The van der Waals surface area contributed by atoms with Crippen molar-refractivity contribution >= 4 is 23.3 Å². The maximum atomic E-state index is 12.2. The van der Waals surface area contributed by atoms with E-state index < -0.39 is 18.5 Å². The third-order valence-corrected chi connectivity index (χ3v) is 3.97. The molecule has 1 amide bonds. The normalized spacial score (nSPS) is 11.1. The molecule has 0 spiro atoms. The van der Waals surface area contributed by atoms with Crippen molar-refractivity contribution in [1.29, 1.82) is 5.41 Å². The first-order valence-corrected chi connectivity index (χ1v) is 9.06. The molecule has 0 aliphatic rings. The van der Waals surface area contributed by atoms with Crippen LogP contribution in [0.1, 0.15) is 19.4 Å². The predicted molar refractivity (Wildman–Crippen MR) is 112 cm³/mol. The fourth-order valence-corrected chi connectivity index (χ4v) is 2.59. The molecule has 0 radical (unpaired) electrons. The van der Waals surface area contributed by atoms with Crippen molar-refractivity contribution in [3.63, 3.8) is 0 Å². The second-order valence-electron chi connectivity index (χ2n) is 6.35. The first kappa shape index (κ1) is 21.7. The molecule has 0 saturated carbocycles. The summed E-state index contributed by atoms with van der Waals surface area (Å²) in [6, 6.07) is 16.5. The van der Waals surface area contributed by atoms with E-state index in [0.29, 0.717) is 17.1 Å². The lowest BCUT2D eigenvalue weighted by molar-refractivity contribution is -0.147. The van der Waals surface area contributed by atoms with Gasteiger partial charge in [0.1, 0.15) is 5.75 Å². The minimum Gasteiger partial charge on any atom is -0.497 e. The van der Waals surface area contributed by atoms with E-state index in [4.69, 9.17) is 14.9 Å². The van der Waals surface area contributed by atoms with Crippen LogP contribution in [0.3, 0.4) is 0 Å². The zero-order valence-electron chi connectivity index (χ0n) is 16.7. The summed E-state index contributed by atoms with van der Waals surface area (Å²) in [6.45, 7) is 2.90. The van der Waals surface area contributed by atoms with Crippen molar-refractivity contribution in [2.24, 2.45) is 0 Å². The van der Waals surface area contributed by atoms with E-state index in [1.54, 1.807) is 45.2 Å². The molecule has 7 heteroatoms. The number of carbonyl (C=O) groups excluding carboxylic acids is 2. The zero-order valence-corrected chi connectivity index (χ0v) is 16.7. The van der Waals surface area contributed by atoms with Gasteiger partial charge < -0.3 is 25.5 Å². The lowest BCUT2D eigenvalue weighted by Gasteiger charge is -2.15. The number of allylic oxidation sites excluding steroid dienone is 2. The summed E-state index contributed by atoms with van der Waals surface area (Å²) >= 11 is 0. The maximum absolute atomic E-state index is 12.2. The molecule has 0 saturated heterocycles.